The number of likely N-dealkylation sites (N-methyl/N-ethyl adjacent to an activating group) is 1. The highest BCUT2D eigenvalue weighted by atomic mass is 16.2. The molecule has 1 aromatic rings. The summed E-state index contributed by atoms with van der Waals surface area (Å²) < 4.78 is 0. The first-order valence-corrected chi connectivity index (χ1v) is 6.33. The molecule has 1 rings (SSSR count). The van der Waals surface area contributed by atoms with E-state index in [0.717, 1.165) is 5.56 Å². The van der Waals surface area contributed by atoms with Crippen molar-refractivity contribution in [3.05, 3.63) is 61.2 Å². The van der Waals surface area contributed by atoms with Gasteiger partial charge < -0.3 is 4.90 Å². The van der Waals surface area contributed by atoms with Gasteiger partial charge in [-0.15, -0.1) is 13.2 Å². The van der Waals surface area contributed by atoms with Crippen molar-refractivity contribution in [3.8, 4) is 0 Å². The molecule has 1 unspecified atom stereocenters. The van der Waals surface area contributed by atoms with Crippen molar-refractivity contribution >= 4 is 5.91 Å². The summed E-state index contributed by atoms with van der Waals surface area (Å²) in [5.74, 6) is 0.0657. The average Bonchev–Trinajstić information content (AvgIpc) is 2.39. The van der Waals surface area contributed by atoms with E-state index >= 15 is 0 Å². The molecule has 0 aliphatic rings. The first-order chi connectivity index (χ1) is 9.11. The van der Waals surface area contributed by atoms with Crippen molar-refractivity contribution in [1.29, 1.82) is 0 Å². The van der Waals surface area contributed by atoms with Crippen LogP contribution in [0.25, 0.3) is 0 Å². The molecule has 0 saturated carbocycles. The Hall–Kier alpha value is -1.87. The third kappa shape index (κ3) is 4.07. The average molecular weight is 258 g/mol. The Morgan fingerprint density at radius 3 is 2.11 bits per heavy atom. The fourth-order valence-electron chi connectivity index (χ4n) is 2.04. The van der Waals surface area contributed by atoms with E-state index in [1.54, 1.807) is 17.1 Å². The van der Waals surface area contributed by atoms with Crippen LogP contribution in [-0.4, -0.2) is 42.9 Å². The normalized spacial score (nSPS) is 11.9. The zero-order valence-electron chi connectivity index (χ0n) is 11.7. The highest BCUT2D eigenvalue weighted by Crippen LogP contribution is 2.20. The quantitative estimate of drug-likeness (QED) is 0.702. The molecule has 0 radical (unpaired) electrons. The van der Waals surface area contributed by atoms with Gasteiger partial charge in [0.15, 0.2) is 0 Å². The fourth-order valence-corrected chi connectivity index (χ4v) is 2.04. The van der Waals surface area contributed by atoms with Crippen LogP contribution in [0.3, 0.4) is 0 Å². The molecule has 1 atom stereocenters. The van der Waals surface area contributed by atoms with Gasteiger partial charge in [-0.3, -0.25) is 9.69 Å². The van der Waals surface area contributed by atoms with E-state index in [0.29, 0.717) is 13.1 Å². The minimum atomic E-state index is -0.277. The van der Waals surface area contributed by atoms with Crippen LogP contribution in [-0.2, 0) is 4.79 Å². The van der Waals surface area contributed by atoms with Crippen molar-refractivity contribution < 1.29 is 4.79 Å². The molecule has 3 heteroatoms. The molecular formula is C16H22N2O. The van der Waals surface area contributed by atoms with Crippen LogP contribution in [0.5, 0.6) is 0 Å². The lowest BCUT2D eigenvalue weighted by atomic mass is 10.0. The summed E-state index contributed by atoms with van der Waals surface area (Å²) in [4.78, 5) is 16.3. The Morgan fingerprint density at radius 1 is 1.16 bits per heavy atom. The van der Waals surface area contributed by atoms with Crippen LogP contribution in [0.4, 0.5) is 0 Å². The Morgan fingerprint density at radius 2 is 1.68 bits per heavy atom. The maximum Gasteiger partial charge on any atom is 0.245 e. The van der Waals surface area contributed by atoms with Crippen molar-refractivity contribution in [2.45, 2.75) is 6.04 Å². The standard InChI is InChI=1S/C16H22N2O/c1-5-12-18(13-6-2)16(19)15(17(3)4)14-10-8-7-9-11-14/h5-11,15H,1-2,12-13H2,3-4H3. The second kappa shape index (κ2) is 7.54. The monoisotopic (exact) mass is 258 g/mol. The Labute approximate surface area is 115 Å². The highest BCUT2D eigenvalue weighted by Gasteiger charge is 2.26. The van der Waals surface area contributed by atoms with Gasteiger partial charge in [0, 0.05) is 13.1 Å². The van der Waals surface area contributed by atoms with Crippen LogP contribution >= 0.6 is 0 Å². The van der Waals surface area contributed by atoms with Crippen LogP contribution in [0.2, 0.25) is 0 Å². The van der Waals surface area contributed by atoms with E-state index in [4.69, 9.17) is 0 Å². The summed E-state index contributed by atoms with van der Waals surface area (Å²) in [5, 5.41) is 0. The first kappa shape index (κ1) is 15.2. The largest absolute Gasteiger partial charge is 0.334 e. The predicted octanol–water partition coefficient (Wildman–Crippen LogP) is 2.49. The lowest BCUT2D eigenvalue weighted by Crippen LogP contribution is -2.40. The molecule has 0 fully saturated rings. The molecule has 0 aromatic heterocycles. The molecule has 0 aliphatic carbocycles. The van der Waals surface area contributed by atoms with Gasteiger partial charge in [0.1, 0.15) is 6.04 Å². The maximum absolute atomic E-state index is 12.7. The number of hydrogen-bond acceptors (Lipinski definition) is 2. The van der Waals surface area contributed by atoms with Crippen LogP contribution in [0.1, 0.15) is 11.6 Å². The van der Waals surface area contributed by atoms with Crippen molar-refractivity contribution in [2.24, 2.45) is 0 Å². The Kier molecular flexibility index (Phi) is 6.03. The van der Waals surface area contributed by atoms with Crippen LogP contribution < -0.4 is 0 Å². The van der Waals surface area contributed by atoms with Gasteiger partial charge in [-0.05, 0) is 19.7 Å². The Balaban J connectivity index is 3.01. The summed E-state index contributed by atoms with van der Waals surface area (Å²) in [6.07, 6.45) is 3.47. The number of carbonyl (C=O) groups is 1. The summed E-state index contributed by atoms with van der Waals surface area (Å²) in [6.45, 7) is 8.46. The van der Waals surface area contributed by atoms with Gasteiger partial charge in [-0.2, -0.15) is 0 Å². The van der Waals surface area contributed by atoms with E-state index in [2.05, 4.69) is 13.2 Å². The maximum atomic E-state index is 12.7. The van der Waals surface area contributed by atoms with Crippen molar-refractivity contribution in [3.63, 3.8) is 0 Å². The van der Waals surface area contributed by atoms with E-state index in [9.17, 15) is 4.79 Å². The summed E-state index contributed by atoms with van der Waals surface area (Å²) in [5.41, 5.74) is 0.996. The number of carbonyl (C=O) groups excluding carboxylic acids is 1. The topological polar surface area (TPSA) is 23.6 Å². The lowest BCUT2D eigenvalue weighted by molar-refractivity contribution is -0.135. The van der Waals surface area contributed by atoms with Gasteiger partial charge in [-0.1, -0.05) is 42.5 Å². The molecule has 0 spiro atoms. The molecule has 0 N–H and O–H groups in total. The number of nitrogens with zero attached hydrogens (tertiary/aromatic N) is 2. The second-order valence-electron chi connectivity index (χ2n) is 4.60. The van der Waals surface area contributed by atoms with E-state index in [-0.39, 0.29) is 11.9 Å². The van der Waals surface area contributed by atoms with Gasteiger partial charge in [0.25, 0.3) is 0 Å². The smallest absolute Gasteiger partial charge is 0.245 e. The third-order valence-corrected chi connectivity index (χ3v) is 2.88. The van der Waals surface area contributed by atoms with Crippen molar-refractivity contribution in [2.75, 3.05) is 27.2 Å². The predicted molar refractivity (Wildman–Crippen MR) is 79.8 cm³/mol. The van der Waals surface area contributed by atoms with E-state index in [1.807, 2.05) is 49.3 Å². The summed E-state index contributed by atoms with van der Waals surface area (Å²) >= 11 is 0. The van der Waals surface area contributed by atoms with Gasteiger partial charge in [0.2, 0.25) is 5.91 Å². The zero-order valence-corrected chi connectivity index (χ0v) is 11.7. The minimum Gasteiger partial charge on any atom is -0.334 e. The first-order valence-electron chi connectivity index (χ1n) is 6.33. The molecule has 19 heavy (non-hydrogen) atoms. The molecule has 1 aromatic carbocycles. The minimum absolute atomic E-state index is 0.0657. The summed E-state index contributed by atoms with van der Waals surface area (Å²) in [6, 6.07) is 9.52. The molecular weight excluding hydrogens is 236 g/mol. The van der Waals surface area contributed by atoms with Gasteiger partial charge in [0.05, 0.1) is 0 Å². The molecule has 0 saturated heterocycles. The van der Waals surface area contributed by atoms with Gasteiger partial charge in [-0.25, -0.2) is 0 Å². The zero-order chi connectivity index (χ0) is 14.3. The number of benzene rings is 1. The lowest BCUT2D eigenvalue weighted by Gasteiger charge is -2.29. The second-order valence-corrected chi connectivity index (χ2v) is 4.60. The van der Waals surface area contributed by atoms with Crippen LogP contribution in [0, 0.1) is 0 Å². The molecule has 3 nitrogen and oxygen atoms in total. The molecule has 0 heterocycles. The Bertz CT molecular complexity index is 416. The van der Waals surface area contributed by atoms with Crippen molar-refractivity contribution in [1.82, 2.24) is 9.80 Å². The fraction of sp³-hybridized carbons (Fsp3) is 0.312. The highest BCUT2D eigenvalue weighted by molar-refractivity contribution is 5.83. The third-order valence-electron chi connectivity index (χ3n) is 2.88. The van der Waals surface area contributed by atoms with E-state index < -0.39 is 0 Å². The molecule has 0 aliphatic heterocycles. The van der Waals surface area contributed by atoms with Crippen LogP contribution in [0.15, 0.2) is 55.6 Å². The van der Waals surface area contributed by atoms with E-state index in [1.165, 1.54) is 0 Å². The molecule has 102 valence electrons. The molecule has 0 bridgehead atoms. The number of hydrogen-bond donors (Lipinski definition) is 0. The van der Waals surface area contributed by atoms with Gasteiger partial charge >= 0.3 is 0 Å². The summed E-state index contributed by atoms with van der Waals surface area (Å²) in [7, 11) is 3.82. The SMILES string of the molecule is C=CCN(CC=C)C(=O)C(c1ccccc1)N(C)C. The number of rotatable bonds is 7. The number of amides is 1. The molecule has 1 amide bonds.